The maximum atomic E-state index is 4.22. The Kier molecular flexibility index (Phi) is 6.41. The van der Waals surface area contributed by atoms with Gasteiger partial charge in [-0.05, 0) is 34.9 Å². The number of hydrogen-bond acceptors (Lipinski definition) is 2. The second-order valence-corrected chi connectivity index (χ2v) is 7.36. The first-order chi connectivity index (χ1) is 14.9. The van der Waals surface area contributed by atoms with E-state index in [1.165, 1.54) is 27.7 Å². The van der Waals surface area contributed by atoms with Gasteiger partial charge in [-0.3, -0.25) is 9.88 Å². The molecule has 0 radical (unpaired) electrons. The predicted octanol–water partition coefficient (Wildman–Crippen LogP) is 6.25. The molecule has 0 saturated heterocycles. The third kappa shape index (κ3) is 4.22. The highest BCUT2D eigenvalue weighted by atomic mass is 15.1. The van der Waals surface area contributed by atoms with Crippen molar-refractivity contribution in [3.05, 3.63) is 102 Å². The predicted molar refractivity (Wildman–Crippen MR) is 127 cm³/mol. The molecule has 5 rings (SSSR count). The average Bonchev–Trinajstić information content (AvgIpc) is 3.13. The van der Waals surface area contributed by atoms with Crippen molar-refractivity contribution in [3.63, 3.8) is 0 Å². The number of nitrogens with zero attached hydrogens (tertiary/aromatic N) is 3. The fourth-order valence-electron chi connectivity index (χ4n) is 4.18. The van der Waals surface area contributed by atoms with Gasteiger partial charge in [0.25, 0.3) is 0 Å². The second-order valence-electron chi connectivity index (χ2n) is 7.36. The van der Waals surface area contributed by atoms with Crippen LogP contribution >= 0.6 is 0 Å². The molecule has 0 amide bonds. The summed E-state index contributed by atoms with van der Waals surface area (Å²) in [4.78, 5) is 6.77. The first-order valence-electron chi connectivity index (χ1n) is 10.8. The summed E-state index contributed by atoms with van der Waals surface area (Å²) in [5.41, 5.74) is 6.69. The van der Waals surface area contributed by atoms with Gasteiger partial charge < -0.3 is 4.57 Å². The SMILES string of the molecule is C(=C/n1c2c(c3ccccc31)CN(Cc1ccccc1)CC2)/c1cccnc1.CC. The Bertz CT molecular complexity index is 1110. The van der Waals surface area contributed by atoms with Crippen molar-refractivity contribution in [3.8, 4) is 0 Å². The molecule has 0 bridgehead atoms. The smallest absolute Gasteiger partial charge is 0.0528 e. The van der Waals surface area contributed by atoms with E-state index in [2.05, 4.69) is 87.4 Å². The molecule has 1 aliphatic heterocycles. The Morgan fingerprint density at radius 1 is 0.933 bits per heavy atom. The largest absolute Gasteiger partial charge is 0.320 e. The van der Waals surface area contributed by atoms with Crippen LogP contribution in [0.5, 0.6) is 0 Å². The van der Waals surface area contributed by atoms with Crippen molar-refractivity contribution >= 4 is 23.2 Å². The molecular weight excluding hydrogens is 366 g/mol. The average molecular weight is 396 g/mol. The van der Waals surface area contributed by atoms with Gasteiger partial charge in [0.2, 0.25) is 0 Å². The molecule has 2 aromatic heterocycles. The number of fused-ring (bicyclic) bond motifs is 3. The Labute approximate surface area is 179 Å². The lowest BCUT2D eigenvalue weighted by atomic mass is 10.0. The summed E-state index contributed by atoms with van der Waals surface area (Å²) in [5.74, 6) is 0. The van der Waals surface area contributed by atoms with Gasteiger partial charge in [0.05, 0.1) is 5.52 Å². The minimum atomic E-state index is 0.998. The molecule has 2 aromatic carbocycles. The summed E-state index contributed by atoms with van der Waals surface area (Å²) < 4.78 is 2.37. The van der Waals surface area contributed by atoms with Crippen LogP contribution in [0.15, 0.2) is 79.1 Å². The second kappa shape index (κ2) is 9.55. The molecule has 3 heteroatoms. The molecule has 0 aliphatic carbocycles. The molecular formula is C27H29N3. The minimum absolute atomic E-state index is 0.998. The van der Waals surface area contributed by atoms with Crippen LogP contribution in [-0.2, 0) is 19.5 Å². The Hall–Kier alpha value is -3.17. The van der Waals surface area contributed by atoms with Crippen LogP contribution in [0.1, 0.15) is 36.2 Å². The maximum Gasteiger partial charge on any atom is 0.0528 e. The summed E-state index contributed by atoms with van der Waals surface area (Å²) in [6.45, 7) is 7.09. The quantitative estimate of drug-likeness (QED) is 0.407. The minimum Gasteiger partial charge on any atom is -0.320 e. The van der Waals surface area contributed by atoms with Gasteiger partial charge in [0.1, 0.15) is 0 Å². The van der Waals surface area contributed by atoms with Crippen LogP contribution in [0.25, 0.3) is 23.2 Å². The molecule has 0 fully saturated rings. The van der Waals surface area contributed by atoms with Crippen LogP contribution in [0.3, 0.4) is 0 Å². The molecule has 0 saturated carbocycles. The van der Waals surface area contributed by atoms with E-state index < -0.39 is 0 Å². The third-order valence-corrected chi connectivity index (χ3v) is 5.52. The molecule has 0 spiro atoms. The first-order valence-corrected chi connectivity index (χ1v) is 10.8. The van der Waals surface area contributed by atoms with Crippen molar-refractivity contribution in [2.24, 2.45) is 0 Å². The zero-order valence-corrected chi connectivity index (χ0v) is 17.8. The van der Waals surface area contributed by atoms with Crippen LogP contribution in [-0.4, -0.2) is 21.0 Å². The summed E-state index contributed by atoms with van der Waals surface area (Å²) >= 11 is 0. The third-order valence-electron chi connectivity index (χ3n) is 5.52. The molecule has 0 atom stereocenters. The van der Waals surface area contributed by atoms with Crippen LogP contribution in [0.4, 0.5) is 0 Å². The van der Waals surface area contributed by atoms with Gasteiger partial charge in [-0.2, -0.15) is 0 Å². The van der Waals surface area contributed by atoms with E-state index in [9.17, 15) is 0 Å². The lowest BCUT2D eigenvalue weighted by Crippen LogP contribution is -2.30. The fourth-order valence-corrected chi connectivity index (χ4v) is 4.18. The van der Waals surface area contributed by atoms with Crippen LogP contribution < -0.4 is 0 Å². The highest BCUT2D eigenvalue weighted by molar-refractivity contribution is 5.88. The van der Waals surface area contributed by atoms with Crippen molar-refractivity contribution in [1.82, 2.24) is 14.5 Å². The van der Waals surface area contributed by atoms with E-state index >= 15 is 0 Å². The number of para-hydroxylation sites is 1. The molecule has 3 nitrogen and oxygen atoms in total. The van der Waals surface area contributed by atoms with E-state index in [4.69, 9.17) is 0 Å². The summed E-state index contributed by atoms with van der Waals surface area (Å²) in [6.07, 6.45) is 9.12. The Balaban J connectivity index is 0.00000106. The molecule has 0 unspecified atom stereocenters. The highest BCUT2D eigenvalue weighted by Crippen LogP contribution is 2.32. The zero-order chi connectivity index (χ0) is 20.8. The van der Waals surface area contributed by atoms with E-state index in [1.54, 1.807) is 0 Å². The number of aromatic nitrogens is 2. The van der Waals surface area contributed by atoms with Crippen molar-refractivity contribution in [1.29, 1.82) is 0 Å². The van der Waals surface area contributed by atoms with Gasteiger partial charge in [0, 0.05) is 55.7 Å². The molecule has 1 aliphatic rings. The van der Waals surface area contributed by atoms with Crippen LogP contribution in [0, 0.1) is 0 Å². The summed E-state index contributed by atoms with van der Waals surface area (Å²) in [5, 5.41) is 1.37. The van der Waals surface area contributed by atoms with Gasteiger partial charge >= 0.3 is 0 Å². The van der Waals surface area contributed by atoms with E-state index in [0.717, 1.165) is 31.6 Å². The Morgan fingerprint density at radius 3 is 2.53 bits per heavy atom. The lowest BCUT2D eigenvalue weighted by molar-refractivity contribution is 0.245. The summed E-state index contributed by atoms with van der Waals surface area (Å²) in [6, 6.07) is 23.6. The number of hydrogen-bond donors (Lipinski definition) is 0. The Morgan fingerprint density at radius 2 is 1.73 bits per heavy atom. The molecule has 0 N–H and O–H groups in total. The summed E-state index contributed by atoms with van der Waals surface area (Å²) in [7, 11) is 0. The van der Waals surface area contributed by atoms with Crippen LogP contribution in [0.2, 0.25) is 0 Å². The zero-order valence-electron chi connectivity index (χ0n) is 17.8. The first kappa shape index (κ1) is 20.1. The molecule has 152 valence electrons. The lowest BCUT2D eigenvalue weighted by Gasteiger charge is -2.28. The topological polar surface area (TPSA) is 21.1 Å². The number of pyridine rings is 1. The van der Waals surface area contributed by atoms with Crippen molar-refractivity contribution in [2.75, 3.05) is 6.54 Å². The number of rotatable bonds is 4. The van der Waals surface area contributed by atoms with E-state index in [0.29, 0.717) is 0 Å². The van der Waals surface area contributed by atoms with E-state index in [1.807, 2.05) is 32.3 Å². The fraction of sp³-hybridized carbons (Fsp3) is 0.222. The van der Waals surface area contributed by atoms with Crippen molar-refractivity contribution in [2.45, 2.75) is 33.4 Å². The van der Waals surface area contributed by atoms with Crippen molar-refractivity contribution < 1.29 is 0 Å². The maximum absolute atomic E-state index is 4.22. The van der Waals surface area contributed by atoms with Gasteiger partial charge in [-0.15, -0.1) is 0 Å². The standard InChI is InChI=1S/C25H23N3.C2H6/c1-2-7-21(8-3-1)18-27-15-13-25-23(19-27)22-10-4-5-11-24(22)28(25)16-12-20-9-6-14-26-17-20;1-2/h1-12,14,16-17H,13,15,18-19H2;1-2H3/b16-12-;. The molecule has 30 heavy (non-hydrogen) atoms. The number of benzene rings is 2. The molecule has 3 heterocycles. The van der Waals surface area contributed by atoms with Gasteiger partial charge in [-0.1, -0.05) is 68.4 Å². The monoisotopic (exact) mass is 395 g/mol. The molecule has 4 aromatic rings. The highest BCUT2D eigenvalue weighted by Gasteiger charge is 2.23. The van der Waals surface area contributed by atoms with E-state index in [-0.39, 0.29) is 0 Å². The van der Waals surface area contributed by atoms with Gasteiger partial charge in [0.15, 0.2) is 0 Å². The van der Waals surface area contributed by atoms with Gasteiger partial charge in [-0.25, -0.2) is 0 Å². The normalized spacial score (nSPS) is 13.8.